The Balaban J connectivity index is 2.15. The Hall–Kier alpha value is -1.88. The van der Waals surface area contributed by atoms with Crippen LogP contribution in [0.25, 0.3) is 16.3 Å². The van der Waals surface area contributed by atoms with Gasteiger partial charge >= 0.3 is 0 Å². The Kier molecular flexibility index (Phi) is 2.16. The molecule has 3 heterocycles. The molecule has 0 amide bonds. The van der Waals surface area contributed by atoms with Crippen molar-refractivity contribution >= 4 is 22.6 Å². The first-order valence-electron chi connectivity index (χ1n) is 5.27. The highest BCUT2D eigenvalue weighted by Gasteiger charge is 2.11. The van der Waals surface area contributed by atoms with E-state index in [1.165, 1.54) is 16.9 Å². The lowest BCUT2D eigenvalue weighted by Gasteiger charge is -1.93. The highest BCUT2D eigenvalue weighted by molar-refractivity contribution is 7.18. The van der Waals surface area contributed by atoms with Crippen LogP contribution in [0, 0.1) is 13.8 Å². The molecule has 3 rings (SSSR count). The third-order valence-electron chi connectivity index (χ3n) is 2.70. The number of H-pyrrole nitrogens is 1. The van der Waals surface area contributed by atoms with Gasteiger partial charge in [-0.15, -0.1) is 0 Å². The maximum atomic E-state index is 10.6. The molecular formula is C12H11N3OS. The molecule has 0 radical (unpaired) electrons. The third-order valence-corrected chi connectivity index (χ3v) is 3.62. The molecule has 0 aromatic carbocycles. The number of aromatic nitrogens is 3. The summed E-state index contributed by atoms with van der Waals surface area (Å²) in [6.45, 7) is 4.09. The first-order valence-corrected chi connectivity index (χ1v) is 6.09. The van der Waals surface area contributed by atoms with Gasteiger partial charge in [0.05, 0.1) is 10.6 Å². The molecule has 0 aliphatic carbocycles. The van der Waals surface area contributed by atoms with Crippen LogP contribution < -0.4 is 0 Å². The molecule has 0 aliphatic heterocycles. The predicted octanol–water partition coefficient (Wildman–Crippen LogP) is 2.82. The summed E-state index contributed by atoms with van der Waals surface area (Å²) in [5.74, 6) is 0. The molecule has 0 unspecified atom stereocenters. The number of aryl methyl sites for hydroxylation is 2. The van der Waals surface area contributed by atoms with E-state index in [-0.39, 0.29) is 0 Å². The van der Waals surface area contributed by atoms with Gasteiger partial charge in [0.2, 0.25) is 0 Å². The van der Waals surface area contributed by atoms with Crippen molar-refractivity contribution < 1.29 is 4.79 Å². The Morgan fingerprint density at radius 2 is 2.24 bits per heavy atom. The van der Waals surface area contributed by atoms with Gasteiger partial charge < -0.3 is 4.98 Å². The lowest BCUT2D eigenvalue weighted by atomic mass is 10.2. The van der Waals surface area contributed by atoms with E-state index in [9.17, 15) is 4.79 Å². The molecule has 4 nitrogen and oxygen atoms in total. The molecular weight excluding hydrogens is 234 g/mol. The van der Waals surface area contributed by atoms with Gasteiger partial charge in [0.1, 0.15) is 5.69 Å². The Morgan fingerprint density at radius 1 is 1.41 bits per heavy atom. The second-order valence-corrected chi connectivity index (χ2v) is 5.12. The fourth-order valence-electron chi connectivity index (χ4n) is 1.98. The van der Waals surface area contributed by atoms with Gasteiger partial charge in [-0.25, -0.2) is 4.98 Å². The van der Waals surface area contributed by atoms with Gasteiger partial charge in [0.25, 0.3) is 0 Å². The number of fused-ring (bicyclic) bond motifs is 1. The number of nitrogens with zero attached hydrogens (tertiary/aromatic N) is 2. The van der Waals surface area contributed by atoms with Gasteiger partial charge in [-0.3, -0.25) is 9.20 Å². The lowest BCUT2D eigenvalue weighted by molar-refractivity contribution is 0.112. The Labute approximate surface area is 102 Å². The second kappa shape index (κ2) is 3.56. The van der Waals surface area contributed by atoms with Crippen LogP contribution in [0.2, 0.25) is 0 Å². The van der Waals surface area contributed by atoms with E-state index in [0.717, 1.165) is 28.3 Å². The first kappa shape index (κ1) is 10.3. The van der Waals surface area contributed by atoms with Crippen molar-refractivity contribution in [2.75, 3.05) is 0 Å². The summed E-state index contributed by atoms with van der Waals surface area (Å²) in [6.07, 6.45) is 4.59. The largest absolute Gasteiger partial charge is 0.357 e. The Morgan fingerprint density at radius 3 is 2.82 bits per heavy atom. The maximum Gasteiger partial charge on any atom is 0.194 e. The number of carbonyl (C=O) groups excluding carboxylic acids is 1. The standard InChI is InChI=1S/C12H11N3OS/c1-7-3-8(2)13-11(7)10-5-15-4-9(6-16)17-12(15)14-10/h3-6,13H,1-2H3. The quantitative estimate of drug-likeness (QED) is 0.706. The van der Waals surface area contributed by atoms with E-state index >= 15 is 0 Å². The average Bonchev–Trinajstić information content (AvgIpc) is 2.89. The minimum absolute atomic E-state index is 0.693. The van der Waals surface area contributed by atoms with E-state index in [1.807, 2.05) is 17.5 Å². The topological polar surface area (TPSA) is 50.2 Å². The number of hydrogen-bond donors (Lipinski definition) is 1. The zero-order valence-electron chi connectivity index (χ0n) is 9.52. The van der Waals surface area contributed by atoms with Gasteiger partial charge in [0.15, 0.2) is 11.2 Å². The normalized spacial score (nSPS) is 11.2. The van der Waals surface area contributed by atoms with E-state index in [2.05, 4.69) is 23.0 Å². The minimum atomic E-state index is 0.693. The van der Waals surface area contributed by atoms with Crippen molar-refractivity contribution in [3.05, 3.63) is 34.6 Å². The summed E-state index contributed by atoms with van der Waals surface area (Å²) >= 11 is 1.40. The van der Waals surface area contributed by atoms with Crippen LogP contribution in [0.1, 0.15) is 20.9 Å². The lowest BCUT2D eigenvalue weighted by Crippen LogP contribution is -1.80. The molecule has 0 bridgehead atoms. The molecule has 86 valence electrons. The fraction of sp³-hybridized carbons (Fsp3) is 0.167. The van der Waals surface area contributed by atoms with Crippen LogP contribution in [0.3, 0.4) is 0 Å². The summed E-state index contributed by atoms with van der Waals surface area (Å²) in [5, 5.41) is 0. The zero-order chi connectivity index (χ0) is 12.0. The summed E-state index contributed by atoms with van der Waals surface area (Å²) in [5.41, 5.74) is 4.27. The predicted molar refractivity (Wildman–Crippen MR) is 67.7 cm³/mol. The SMILES string of the molecule is Cc1cc(C)c(-c2cn3cc(C=O)sc3n2)[nH]1. The number of rotatable bonds is 2. The van der Waals surface area contributed by atoms with Gasteiger partial charge in [-0.2, -0.15) is 0 Å². The summed E-state index contributed by atoms with van der Waals surface area (Å²) in [7, 11) is 0. The molecule has 0 saturated carbocycles. The van der Waals surface area contributed by atoms with Crippen molar-refractivity contribution in [1.29, 1.82) is 0 Å². The van der Waals surface area contributed by atoms with E-state index in [1.54, 1.807) is 6.20 Å². The average molecular weight is 245 g/mol. The van der Waals surface area contributed by atoms with Crippen LogP contribution in [0.15, 0.2) is 18.5 Å². The third kappa shape index (κ3) is 1.59. The van der Waals surface area contributed by atoms with Crippen LogP contribution in [-0.2, 0) is 0 Å². The van der Waals surface area contributed by atoms with Crippen molar-refractivity contribution in [2.24, 2.45) is 0 Å². The smallest absolute Gasteiger partial charge is 0.194 e. The second-order valence-electron chi connectivity index (χ2n) is 4.08. The summed E-state index contributed by atoms with van der Waals surface area (Å²) in [6, 6.07) is 2.10. The minimum Gasteiger partial charge on any atom is -0.357 e. The first-order chi connectivity index (χ1) is 8.17. The van der Waals surface area contributed by atoms with Crippen molar-refractivity contribution in [2.45, 2.75) is 13.8 Å². The number of nitrogens with one attached hydrogen (secondary N) is 1. The molecule has 5 heteroatoms. The number of carbonyl (C=O) groups is 1. The molecule has 0 spiro atoms. The van der Waals surface area contributed by atoms with Crippen molar-refractivity contribution in [3.8, 4) is 11.4 Å². The van der Waals surface area contributed by atoms with Crippen LogP contribution in [0.5, 0.6) is 0 Å². The molecule has 3 aromatic heterocycles. The van der Waals surface area contributed by atoms with Gasteiger partial charge in [-0.1, -0.05) is 11.3 Å². The number of aldehydes is 1. The van der Waals surface area contributed by atoms with E-state index in [0.29, 0.717) is 4.88 Å². The monoisotopic (exact) mass is 245 g/mol. The number of hydrogen-bond acceptors (Lipinski definition) is 3. The summed E-state index contributed by atoms with van der Waals surface area (Å²) < 4.78 is 1.89. The molecule has 3 aromatic rings. The molecule has 0 fully saturated rings. The van der Waals surface area contributed by atoms with Crippen LogP contribution >= 0.6 is 11.3 Å². The van der Waals surface area contributed by atoms with Crippen molar-refractivity contribution in [1.82, 2.24) is 14.4 Å². The van der Waals surface area contributed by atoms with Gasteiger partial charge in [0, 0.05) is 18.1 Å². The van der Waals surface area contributed by atoms with Crippen LogP contribution in [-0.4, -0.2) is 20.7 Å². The molecule has 0 aliphatic rings. The number of aromatic amines is 1. The van der Waals surface area contributed by atoms with E-state index < -0.39 is 0 Å². The molecule has 1 N–H and O–H groups in total. The molecule has 0 atom stereocenters. The fourth-order valence-corrected chi connectivity index (χ4v) is 2.76. The van der Waals surface area contributed by atoms with Crippen molar-refractivity contribution in [3.63, 3.8) is 0 Å². The summed E-state index contributed by atoms with van der Waals surface area (Å²) in [4.78, 5) is 20.0. The highest BCUT2D eigenvalue weighted by Crippen LogP contribution is 2.25. The number of thiazole rings is 1. The number of imidazole rings is 1. The maximum absolute atomic E-state index is 10.6. The highest BCUT2D eigenvalue weighted by atomic mass is 32.1. The van der Waals surface area contributed by atoms with E-state index in [4.69, 9.17) is 0 Å². The van der Waals surface area contributed by atoms with Gasteiger partial charge in [-0.05, 0) is 25.5 Å². The Bertz CT molecular complexity index is 673. The molecule has 0 saturated heterocycles. The van der Waals surface area contributed by atoms with Crippen LogP contribution in [0.4, 0.5) is 0 Å². The molecule has 17 heavy (non-hydrogen) atoms. The zero-order valence-corrected chi connectivity index (χ0v) is 10.3.